The Morgan fingerprint density at radius 1 is 0.882 bits per heavy atom. The van der Waals surface area contributed by atoms with Gasteiger partial charge in [-0.1, -0.05) is 39.7 Å². The van der Waals surface area contributed by atoms with Gasteiger partial charge in [0.1, 0.15) is 12.6 Å². The van der Waals surface area contributed by atoms with Crippen molar-refractivity contribution in [2.75, 3.05) is 20.3 Å². The molecule has 9 nitrogen and oxygen atoms in total. The third-order valence-corrected chi connectivity index (χ3v) is 4.89. The predicted molar refractivity (Wildman–Crippen MR) is 126 cm³/mol. The van der Waals surface area contributed by atoms with Crippen LogP contribution in [0.5, 0.6) is 11.5 Å². The SMILES string of the molecule is CCCCC(=O)Oc1ccc(C[C@H](NCCOC(=O)CC)C(=O)OC)cc1OC(=O)CCCC. The van der Waals surface area contributed by atoms with Crippen LogP contribution < -0.4 is 14.8 Å². The van der Waals surface area contributed by atoms with Gasteiger partial charge in [0, 0.05) is 25.8 Å². The molecule has 0 bridgehead atoms. The lowest BCUT2D eigenvalue weighted by Crippen LogP contribution is -2.41. The number of methoxy groups -OCH3 is 1. The second kappa shape index (κ2) is 16.6. The minimum Gasteiger partial charge on any atom is -0.468 e. The fourth-order valence-electron chi connectivity index (χ4n) is 2.95. The Kier molecular flexibility index (Phi) is 14.2. The fraction of sp³-hybridized carbons (Fsp3) is 0.600. The highest BCUT2D eigenvalue weighted by molar-refractivity contribution is 5.77. The Bertz CT molecular complexity index is 808. The molecule has 0 unspecified atom stereocenters. The molecule has 0 amide bonds. The topological polar surface area (TPSA) is 117 Å². The molecular formula is C25H37NO8. The smallest absolute Gasteiger partial charge is 0.323 e. The van der Waals surface area contributed by atoms with Gasteiger partial charge in [0.15, 0.2) is 11.5 Å². The number of benzene rings is 1. The zero-order valence-electron chi connectivity index (χ0n) is 20.6. The van der Waals surface area contributed by atoms with E-state index in [4.69, 9.17) is 18.9 Å². The predicted octanol–water partition coefficient (Wildman–Crippen LogP) is 3.50. The Labute approximate surface area is 201 Å². The third kappa shape index (κ3) is 11.3. The molecule has 0 aliphatic heterocycles. The van der Waals surface area contributed by atoms with Gasteiger partial charge in [-0.05, 0) is 37.0 Å². The molecule has 0 aromatic heterocycles. The summed E-state index contributed by atoms with van der Waals surface area (Å²) >= 11 is 0. The standard InChI is InChI=1S/C25H37NO8/c1-5-8-10-23(28)33-20-13-12-18(17-21(20)34-24(29)11-9-6-2)16-19(25(30)31-4)26-14-15-32-22(27)7-3/h12-13,17,19,26H,5-11,14-16H2,1-4H3/t19-/m0/s1. The fourth-order valence-corrected chi connectivity index (χ4v) is 2.95. The number of hydrogen-bond donors (Lipinski definition) is 1. The Morgan fingerprint density at radius 2 is 1.50 bits per heavy atom. The zero-order valence-corrected chi connectivity index (χ0v) is 20.6. The Hall–Kier alpha value is -2.94. The molecule has 1 aromatic carbocycles. The highest BCUT2D eigenvalue weighted by Crippen LogP contribution is 2.30. The molecule has 1 atom stereocenters. The normalized spacial score (nSPS) is 11.4. The van der Waals surface area contributed by atoms with E-state index in [0.717, 1.165) is 12.8 Å². The maximum atomic E-state index is 12.2. The summed E-state index contributed by atoms with van der Waals surface area (Å²) < 4.78 is 20.8. The van der Waals surface area contributed by atoms with Crippen molar-refractivity contribution in [3.63, 3.8) is 0 Å². The summed E-state index contributed by atoms with van der Waals surface area (Å²) in [4.78, 5) is 47.9. The maximum Gasteiger partial charge on any atom is 0.323 e. The number of unbranched alkanes of at least 4 members (excludes halogenated alkanes) is 2. The second-order valence-electron chi connectivity index (χ2n) is 7.74. The molecule has 0 aliphatic carbocycles. The molecule has 0 spiro atoms. The van der Waals surface area contributed by atoms with E-state index in [1.807, 2.05) is 13.8 Å². The molecule has 1 N–H and O–H groups in total. The molecule has 0 fully saturated rings. The summed E-state index contributed by atoms with van der Waals surface area (Å²) in [6, 6.07) is 4.12. The summed E-state index contributed by atoms with van der Waals surface area (Å²) in [5.41, 5.74) is 0.667. The van der Waals surface area contributed by atoms with Gasteiger partial charge >= 0.3 is 23.9 Å². The zero-order chi connectivity index (χ0) is 25.3. The van der Waals surface area contributed by atoms with Crippen LogP contribution in [0.1, 0.15) is 71.3 Å². The van der Waals surface area contributed by atoms with Crippen LogP contribution in [0.2, 0.25) is 0 Å². The average molecular weight is 480 g/mol. The molecule has 0 saturated carbocycles. The largest absolute Gasteiger partial charge is 0.468 e. The molecule has 0 heterocycles. The van der Waals surface area contributed by atoms with E-state index in [9.17, 15) is 19.2 Å². The lowest BCUT2D eigenvalue weighted by Gasteiger charge is -2.18. The molecular weight excluding hydrogens is 442 g/mol. The van der Waals surface area contributed by atoms with Gasteiger partial charge in [-0.15, -0.1) is 0 Å². The number of carbonyl (C=O) groups excluding carboxylic acids is 4. The summed E-state index contributed by atoms with van der Waals surface area (Å²) in [5.74, 6) is -1.36. The van der Waals surface area contributed by atoms with Crippen molar-refractivity contribution in [2.24, 2.45) is 0 Å². The Morgan fingerprint density at radius 3 is 2.06 bits per heavy atom. The van der Waals surface area contributed by atoms with E-state index in [1.54, 1.807) is 25.1 Å². The van der Waals surface area contributed by atoms with E-state index >= 15 is 0 Å². The molecule has 0 saturated heterocycles. The van der Waals surface area contributed by atoms with Gasteiger partial charge < -0.3 is 24.3 Å². The highest BCUT2D eigenvalue weighted by atomic mass is 16.6. The van der Waals surface area contributed by atoms with Gasteiger partial charge in [-0.25, -0.2) is 0 Å². The van der Waals surface area contributed by atoms with E-state index < -0.39 is 23.9 Å². The first-order valence-corrected chi connectivity index (χ1v) is 11.9. The molecule has 190 valence electrons. The van der Waals surface area contributed by atoms with E-state index in [-0.39, 0.29) is 56.3 Å². The van der Waals surface area contributed by atoms with Gasteiger partial charge in [-0.3, -0.25) is 19.2 Å². The van der Waals surface area contributed by atoms with Crippen LogP contribution in [0.15, 0.2) is 18.2 Å². The highest BCUT2D eigenvalue weighted by Gasteiger charge is 2.21. The molecule has 9 heteroatoms. The van der Waals surface area contributed by atoms with Crippen molar-refractivity contribution < 1.29 is 38.1 Å². The lowest BCUT2D eigenvalue weighted by molar-refractivity contribution is -0.144. The number of rotatable bonds is 16. The summed E-state index contributed by atoms with van der Waals surface area (Å²) in [5, 5.41) is 3.01. The first kappa shape index (κ1) is 29.1. The van der Waals surface area contributed by atoms with Crippen LogP contribution >= 0.6 is 0 Å². The third-order valence-electron chi connectivity index (χ3n) is 4.89. The Balaban J connectivity index is 2.99. The number of ether oxygens (including phenoxy) is 4. The van der Waals surface area contributed by atoms with Crippen LogP contribution in [-0.2, 0) is 35.1 Å². The van der Waals surface area contributed by atoms with Crippen LogP contribution in [0.3, 0.4) is 0 Å². The second-order valence-corrected chi connectivity index (χ2v) is 7.74. The molecule has 0 radical (unpaired) electrons. The molecule has 0 aliphatic rings. The number of nitrogens with one attached hydrogen (secondary N) is 1. The van der Waals surface area contributed by atoms with Crippen molar-refractivity contribution in [1.82, 2.24) is 5.32 Å². The van der Waals surface area contributed by atoms with Crippen molar-refractivity contribution in [1.29, 1.82) is 0 Å². The number of hydrogen-bond acceptors (Lipinski definition) is 9. The number of carbonyl (C=O) groups is 4. The summed E-state index contributed by atoms with van der Waals surface area (Å²) in [7, 11) is 1.29. The maximum absolute atomic E-state index is 12.2. The van der Waals surface area contributed by atoms with Gasteiger partial charge in [0.25, 0.3) is 0 Å². The van der Waals surface area contributed by atoms with Crippen molar-refractivity contribution in [3.05, 3.63) is 23.8 Å². The molecule has 34 heavy (non-hydrogen) atoms. The minimum absolute atomic E-state index is 0.118. The van der Waals surface area contributed by atoms with Crippen molar-refractivity contribution in [3.8, 4) is 11.5 Å². The van der Waals surface area contributed by atoms with E-state index in [1.165, 1.54) is 7.11 Å². The molecule has 1 aromatic rings. The summed E-state index contributed by atoms with van der Waals surface area (Å²) in [6.45, 7) is 6.02. The quantitative estimate of drug-likeness (QED) is 0.216. The van der Waals surface area contributed by atoms with Crippen LogP contribution in [-0.4, -0.2) is 50.2 Å². The number of esters is 4. The van der Waals surface area contributed by atoms with Gasteiger partial charge in [-0.2, -0.15) is 0 Å². The minimum atomic E-state index is -0.716. The molecule has 1 rings (SSSR count). The van der Waals surface area contributed by atoms with Crippen molar-refractivity contribution in [2.45, 2.75) is 78.2 Å². The first-order chi connectivity index (χ1) is 16.3. The average Bonchev–Trinajstić information content (AvgIpc) is 2.83. The van der Waals surface area contributed by atoms with Crippen LogP contribution in [0.4, 0.5) is 0 Å². The van der Waals surface area contributed by atoms with E-state index in [2.05, 4.69) is 5.32 Å². The lowest BCUT2D eigenvalue weighted by atomic mass is 10.0. The summed E-state index contributed by atoms with van der Waals surface area (Å²) in [6.07, 6.45) is 4.07. The first-order valence-electron chi connectivity index (χ1n) is 11.9. The van der Waals surface area contributed by atoms with Crippen molar-refractivity contribution >= 4 is 23.9 Å². The van der Waals surface area contributed by atoms with Crippen LogP contribution in [0.25, 0.3) is 0 Å². The van der Waals surface area contributed by atoms with Crippen LogP contribution in [0, 0.1) is 0 Å². The monoisotopic (exact) mass is 479 g/mol. The van der Waals surface area contributed by atoms with E-state index in [0.29, 0.717) is 18.4 Å². The van der Waals surface area contributed by atoms with Gasteiger partial charge in [0.05, 0.1) is 7.11 Å². The van der Waals surface area contributed by atoms with Gasteiger partial charge in [0.2, 0.25) is 0 Å².